The number of benzene rings is 1. The fraction of sp³-hybridized carbons (Fsp3) is 0.500. The molecule has 1 aromatic carbocycles. The average Bonchev–Trinajstić information content (AvgIpc) is 2.93. The standard InChI is InChI=1S/C20H31N5O.HI/c1-5-21-20(22-10-7-12-25-18(4)15-17(3)24-25)23-11-13-26-19-9-6-8-16(2)14-19;/h6,8-9,14-15H,5,7,10-13H2,1-4H3,(H2,21,22,23);1H. The van der Waals surface area contributed by atoms with E-state index in [4.69, 9.17) is 4.74 Å². The van der Waals surface area contributed by atoms with Gasteiger partial charge < -0.3 is 15.4 Å². The summed E-state index contributed by atoms with van der Waals surface area (Å²) in [6.45, 7) is 12.0. The summed E-state index contributed by atoms with van der Waals surface area (Å²) >= 11 is 0. The molecule has 0 fully saturated rings. The molecule has 2 N–H and O–H groups in total. The minimum absolute atomic E-state index is 0. The van der Waals surface area contributed by atoms with Crippen molar-refractivity contribution in [2.45, 2.75) is 40.7 Å². The molecule has 0 unspecified atom stereocenters. The number of hydrogen-bond acceptors (Lipinski definition) is 3. The van der Waals surface area contributed by atoms with Crippen molar-refractivity contribution < 1.29 is 4.74 Å². The van der Waals surface area contributed by atoms with E-state index in [0.717, 1.165) is 43.5 Å². The number of ether oxygens (including phenoxy) is 1. The molecule has 0 aliphatic carbocycles. The largest absolute Gasteiger partial charge is 0.492 e. The second kappa shape index (κ2) is 12.6. The number of halogens is 1. The van der Waals surface area contributed by atoms with Crippen LogP contribution in [0.5, 0.6) is 5.75 Å². The molecule has 1 heterocycles. The predicted octanol–water partition coefficient (Wildman–Crippen LogP) is 3.45. The van der Waals surface area contributed by atoms with Gasteiger partial charge in [-0.3, -0.25) is 9.67 Å². The van der Waals surface area contributed by atoms with E-state index >= 15 is 0 Å². The first kappa shape index (κ1) is 23.3. The van der Waals surface area contributed by atoms with Gasteiger partial charge in [-0.05, 0) is 57.9 Å². The number of rotatable bonds is 9. The summed E-state index contributed by atoms with van der Waals surface area (Å²) in [5.41, 5.74) is 3.47. The normalized spacial score (nSPS) is 11.0. The molecule has 2 aromatic rings. The lowest BCUT2D eigenvalue weighted by molar-refractivity contribution is 0.321. The molecule has 0 saturated heterocycles. The highest BCUT2D eigenvalue weighted by Crippen LogP contribution is 2.11. The Kier molecular flexibility index (Phi) is 10.8. The van der Waals surface area contributed by atoms with Crippen LogP contribution < -0.4 is 15.4 Å². The quantitative estimate of drug-likeness (QED) is 0.247. The second-order valence-electron chi connectivity index (χ2n) is 6.36. The van der Waals surface area contributed by atoms with Crippen LogP contribution in [0.4, 0.5) is 0 Å². The highest BCUT2D eigenvalue weighted by atomic mass is 127. The Bertz CT molecular complexity index is 714. The number of nitrogens with zero attached hydrogens (tertiary/aromatic N) is 3. The zero-order chi connectivity index (χ0) is 18.8. The molecular weight excluding hydrogens is 453 g/mol. The highest BCUT2D eigenvalue weighted by molar-refractivity contribution is 14.0. The third-order valence-corrected chi connectivity index (χ3v) is 3.90. The van der Waals surface area contributed by atoms with Gasteiger partial charge >= 0.3 is 0 Å². The van der Waals surface area contributed by atoms with Crippen LogP contribution in [-0.2, 0) is 6.54 Å². The van der Waals surface area contributed by atoms with E-state index in [2.05, 4.69) is 53.6 Å². The van der Waals surface area contributed by atoms with Crippen LogP contribution in [0.1, 0.15) is 30.3 Å². The van der Waals surface area contributed by atoms with Crippen molar-refractivity contribution >= 4 is 29.9 Å². The monoisotopic (exact) mass is 485 g/mol. The number of aryl methyl sites for hydroxylation is 4. The minimum Gasteiger partial charge on any atom is -0.492 e. The van der Waals surface area contributed by atoms with Gasteiger partial charge in [-0.25, -0.2) is 0 Å². The molecule has 7 heteroatoms. The summed E-state index contributed by atoms with van der Waals surface area (Å²) in [6, 6.07) is 10.2. The van der Waals surface area contributed by atoms with Crippen LogP contribution in [0.2, 0.25) is 0 Å². The number of aliphatic imine (C=N–C) groups is 1. The summed E-state index contributed by atoms with van der Waals surface area (Å²) in [4.78, 5) is 4.62. The maximum Gasteiger partial charge on any atom is 0.191 e. The van der Waals surface area contributed by atoms with Gasteiger partial charge in [0.1, 0.15) is 12.4 Å². The van der Waals surface area contributed by atoms with E-state index in [0.29, 0.717) is 13.2 Å². The topological polar surface area (TPSA) is 63.5 Å². The molecule has 0 aliphatic rings. The van der Waals surface area contributed by atoms with E-state index < -0.39 is 0 Å². The van der Waals surface area contributed by atoms with Gasteiger partial charge in [-0.1, -0.05) is 12.1 Å². The van der Waals surface area contributed by atoms with Crippen molar-refractivity contribution in [1.82, 2.24) is 20.4 Å². The lowest BCUT2D eigenvalue weighted by Crippen LogP contribution is -2.39. The molecule has 0 saturated carbocycles. The van der Waals surface area contributed by atoms with Crippen molar-refractivity contribution in [2.24, 2.45) is 4.99 Å². The maximum absolute atomic E-state index is 5.76. The summed E-state index contributed by atoms with van der Waals surface area (Å²) < 4.78 is 7.80. The third-order valence-electron chi connectivity index (χ3n) is 3.90. The lowest BCUT2D eigenvalue weighted by atomic mass is 10.2. The van der Waals surface area contributed by atoms with Gasteiger partial charge in [0.15, 0.2) is 5.96 Å². The van der Waals surface area contributed by atoms with Gasteiger partial charge in [-0.2, -0.15) is 5.10 Å². The molecule has 0 bridgehead atoms. The van der Waals surface area contributed by atoms with Crippen LogP contribution in [0, 0.1) is 20.8 Å². The first-order valence-corrected chi connectivity index (χ1v) is 9.31. The van der Waals surface area contributed by atoms with E-state index in [1.165, 1.54) is 11.3 Å². The summed E-state index contributed by atoms with van der Waals surface area (Å²) in [7, 11) is 0. The van der Waals surface area contributed by atoms with Crippen molar-refractivity contribution in [3.05, 3.63) is 47.3 Å². The second-order valence-corrected chi connectivity index (χ2v) is 6.36. The van der Waals surface area contributed by atoms with Gasteiger partial charge in [0.25, 0.3) is 0 Å². The van der Waals surface area contributed by atoms with Gasteiger partial charge in [-0.15, -0.1) is 24.0 Å². The summed E-state index contributed by atoms with van der Waals surface area (Å²) in [5, 5.41) is 11.1. The molecule has 150 valence electrons. The van der Waals surface area contributed by atoms with Crippen LogP contribution in [0.25, 0.3) is 0 Å². The average molecular weight is 485 g/mol. The van der Waals surface area contributed by atoms with Crippen LogP contribution in [-0.4, -0.2) is 42.0 Å². The molecule has 0 radical (unpaired) electrons. The lowest BCUT2D eigenvalue weighted by Gasteiger charge is -2.12. The van der Waals surface area contributed by atoms with Crippen LogP contribution in [0.3, 0.4) is 0 Å². The van der Waals surface area contributed by atoms with Crippen molar-refractivity contribution in [1.29, 1.82) is 0 Å². The van der Waals surface area contributed by atoms with E-state index in [9.17, 15) is 0 Å². The van der Waals surface area contributed by atoms with Crippen molar-refractivity contribution in [3.63, 3.8) is 0 Å². The third kappa shape index (κ3) is 8.64. The molecule has 6 nitrogen and oxygen atoms in total. The predicted molar refractivity (Wildman–Crippen MR) is 122 cm³/mol. The summed E-state index contributed by atoms with van der Waals surface area (Å²) in [6.07, 6.45) is 0.957. The Balaban J connectivity index is 0.00000364. The first-order chi connectivity index (χ1) is 12.6. The van der Waals surface area contributed by atoms with Crippen molar-refractivity contribution in [2.75, 3.05) is 26.2 Å². The number of nitrogens with one attached hydrogen (secondary N) is 2. The van der Waals surface area contributed by atoms with E-state index in [1.54, 1.807) is 0 Å². The number of guanidine groups is 1. The molecule has 0 spiro atoms. The fourth-order valence-electron chi connectivity index (χ4n) is 2.70. The minimum atomic E-state index is 0. The molecule has 27 heavy (non-hydrogen) atoms. The Labute approximate surface area is 179 Å². The molecule has 2 rings (SSSR count). The first-order valence-electron chi connectivity index (χ1n) is 9.31. The van der Waals surface area contributed by atoms with Gasteiger partial charge in [0, 0.05) is 25.3 Å². The Hall–Kier alpha value is -1.77. The Morgan fingerprint density at radius 1 is 1.19 bits per heavy atom. The SMILES string of the molecule is CCNC(=NCCCn1nc(C)cc1C)NCCOc1cccc(C)c1.I. The van der Waals surface area contributed by atoms with Gasteiger partial charge in [0.2, 0.25) is 0 Å². The molecule has 1 aromatic heterocycles. The maximum atomic E-state index is 5.76. The van der Waals surface area contributed by atoms with Gasteiger partial charge in [0.05, 0.1) is 12.2 Å². The summed E-state index contributed by atoms with van der Waals surface area (Å²) in [5.74, 6) is 1.73. The zero-order valence-electron chi connectivity index (χ0n) is 16.8. The molecule has 0 aliphatic heterocycles. The molecule has 0 amide bonds. The smallest absolute Gasteiger partial charge is 0.191 e. The van der Waals surface area contributed by atoms with E-state index in [1.807, 2.05) is 29.8 Å². The van der Waals surface area contributed by atoms with E-state index in [-0.39, 0.29) is 24.0 Å². The Morgan fingerprint density at radius 2 is 2.00 bits per heavy atom. The fourth-order valence-corrected chi connectivity index (χ4v) is 2.70. The highest BCUT2D eigenvalue weighted by Gasteiger charge is 2.01. The number of aromatic nitrogens is 2. The zero-order valence-corrected chi connectivity index (χ0v) is 19.1. The van der Waals surface area contributed by atoms with Crippen LogP contribution in [0.15, 0.2) is 35.3 Å². The van der Waals surface area contributed by atoms with Crippen LogP contribution >= 0.6 is 24.0 Å². The van der Waals surface area contributed by atoms with Crippen molar-refractivity contribution in [3.8, 4) is 5.75 Å². The number of hydrogen-bond donors (Lipinski definition) is 2. The Morgan fingerprint density at radius 3 is 2.67 bits per heavy atom. The molecular formula is C20H32IN5O. The molecule has 0 atom stereocenters.